The summed E-state index contributed by atoms with van der Waals surface area (Å²) in [6.07, 6.45) is 4.57. The van der Waals surface area contributed by atoms with Crippen molar-refractivity contribution in [3.8, 4) is 0 Å². The zero-order chi connectivity index (χ0) is 13.2. The maximum absolute atomic E-state index is 6.22. The van der Waals surface area contributed by atoms with E-state index in [1.54, 1.807) is 0 Å². The van der Waals surface area contributed by atoms with Gasteiger partial charge in [0.1, 0.15) is 0 Å². The van der Waals surface area contributed by atoms with Crippen LogP contribution in [0.25, 0.3) is 0 Å². The highest BCUT2D eigenvalue weighted by Gasteiger charge is 2.20. The van der Waals surface area contributed by atoms with Crippen molar-refractivity contribution in [3.63, 3.8) is 0 Å². The number of thiophene rings is 1. The Labute approximate surface area is 122 Å². The fourth-order valence-electron chi connectivity index (χ4n) is 2.65. The second-order valence-electron chi connectivity index (χ2n) is 4.97. The number of halogens is 1. The topological polar surface area (TPSA) is 38.0 Å². The molecule has 0 saturated heterocycles. The summed E-state index contributed by atoms with van der Waals surface area (Å²) >= 11 is 8.12. The van der Waals surface area contributed by atoms with Crippen LogP contribution in [-0.2, 0) is 19.3 Å². The standard InChI is InChI=1S/C15H17ClN2S/c16-12-6-2-1-4-10(12)8-13(18-17)15-9-11-5-3-7-14(11)19-15/h1-2,4,6,9,13,18H,3,5,7-8,17H2. The average Bonchev–Trinajstić information content (AvgIpc) is 2.98. The first-order valence-corrected chi connectivity index (χ1v) is 7.78. The number of benzene rings is 1. The minimum Gasteiger partial charge on any atom is -0.271 e. The van der Waals surface area contributed by atoms with E-state index in [9.17, 15) is 0 Å². The van der Waals surface area contributed by atoms with Crippen LogP contribution in [0.4, 0.5) is 0 Å². The van der Waals surface area contributed by atoms with E-state index in [0.29, 0.717) is 0 Å². The van der Waals surface area contributed by atoms with Crippen LogP contribution >= 0.6 is 22.9 Å². The third-order valence-electron chi connectivity index (χ3n) is 3.69. The summed E-state index contributed by atoms with van der Waals surface area (Å²) < 4.78 is 0. The third kappa shape index (κ3) is 2.70. The molecular weight excluding hydrogens is 276 g/mol. The maximum atomic E-state index is 6.22. The predicted molar refractivity (Wildman–Crippen MR) is 81.6 cm³/mol. The molecule has 0 radical (unpaired) electrons. The van der Waals surface area contributed by atoms with E-state index in [1.165, 1.54) is 34.6 Å². The molecule has 0 bridgehead atoms. The maximum Gasteiger partial charge on any atom is 0.0594 e. The van der Waals surface area contributed by atoms with E-state index in [4.69, 9.17) is 17.4 Å². The Kier molecular flexibility index (Phi) is 3.89. The van der Waals surface area contributed by atoms with E-state index in [-0.39, 0.29) is 6.04 Å². The van der Waals surface area contributed by atoms with Gasteiger partial charge in [-0.15, -0.1) is 11.3 Å². The van der Waals surface area contributed by atoms with Crippen LogP contribution in [0, 0.1) is 0 Å². The van der Waals surface area contributed by atoms with Gasteiger partial charge in [-0.2, -0.15) is 0 Å². The van der Waals surface area contributed by atoms with Crippen molar-refractivity contribution in [2.24, 2.45) is 5.84 Å². The van der Waals surface area contributed by atoms with Crippen LogP contribution in [0.2, 0.25) is 5.02 Å². The predicted octanol–water partition coefficient (Wildman–Crippen LogP) is 3.64. The molecule has 1 aromatic heterocycles. The molecule has 100 valence electrons. The van der Waals surface area contributed by atoms with Crippen molar-refractivity contribution < 1.29 is 0 Å². The second-order valence-corrected chi connectivity index (χ2v) is 6.54. The largest absolute Gasteiger partial charge is 0.271 e. The van der Waals surface area contributed by atoms with Gasteiger partial charge in [0.05, 0.1) is 6.04 Å². The molecule has 19 heavy (non-hydrogen) atoms. The first-order valence-electron chi connectivity index (χ1n) is 6.59. The van der Waals surface area contributed by atoms with Gasteiger partial charge in [-0.25, -0.2) is 0 Å². The van der Waals surface area contributed by atoms with Crippen LogP contribution in [0.3, 0.4) is 0 Å². The molecule has 3 N–H and O–H groups in total. The molecule has 1 atom stereocenters. The zero-order valence-electron chi connectivity index (χ0n) is 10.7. The molecule has 1 heterocycles. The Balaban J connectivity index is 1.82. The van der Waals surface area contributed by atoms with Gasteiger partial charge >= 0.3 is 0 Å². The Morgan fingerprint density at radius 2 is 2.16 bits per heavy atom. The van der Waals surface area contributed by atoms with Gasteiger partial charge in [-0.1, -0.05) is 29.8 Å². The molecule has 0 aliphatic heterocycles. The smallest absolute Gasteiger partial charge is 0.0594 e. The summed E-state index contributed by atoms with van der Waals surface area (Å²) in [5, 5.41) is 0.812. The van der Waals surface area contributed by atoms with Crippen LogP contribution in [-0.4, -0.2) is 0 Å². The van der Waals surface area contributed by atoms with E-state index in [0.717, 1.165) is 17.0 Å². The van der Waals surface area contributed by atoms with E-state index >= 15 is 0 Å². The minimum atomic E-state index is 0.149. The molecule has 1 aromatic carbocycles. The van der Waals surface area contributed by atoms with Gasteiger partial charge in [-0.3, -0.25) is 11.3 Å². The Bertz CT molecular complexity index is 558. The Morgan fingerprint density at radius 3 is 2.89 bits per heavy atom. The highest BCUT2D eigenvalue weighted by Crippen LogP contribution is 2.35. The lowest BCUT2D eigenvalue weighted by atomic mass is 10.0. The fourth-order valence-corrected chi connectivity index (χ4v) is 4.18. The van der Waals surface area contributed by atoms with E-state index in [1.807, 2.05) is 29.5 Å². The Morgan fingerprint density at radius 1 is 1.32 bits per heavy atom. The van der Waals surface area contributed by atoms with Gasteiger partial charge in [-0.05, 0) is 48.9 Å². The average molecular weight is 293 g/mol. The summed E-state index contributed by atoms with van der Waals surface area (Å²) in [5.41, 5.74) is 5.59. The van der Waals surface area contributed by atoms with E-state index in [2.05, 4.69) is 17.6 Å². The highest BCUT2D eigenvalue weighted by molar-refractivity contribution is 7.12. The Hall–Kier alpha value is -0.870. The van der Waals surface area contributed by atoms with Gasteiger partial charge in [0.2, 0.25) is 0 Å². The molecule has 4 heteroatoms. The summed E-state index contributed by atoms with van der Waals surface area (Å²) in [5.74, 6) is 5.74. The van der Waals surface area contributed by atoms with Crippen molar-refractivity contribution in [1.82, 2.24) is 5.43 Å². The lowest BCUT2D eigenvalue weighted by Gasteiger charge is -2.15. The molecule has 0 saturated carbocycles. The number of nitrogens with two attached hydrogens (primary N) is 1. The van der Waals surface area contributed by atoms with Crippen LogP contribution in [0.15, 0.2) is 30.3 Å². The normalized spacial score (nSPS) is 15.5. The number of hydrogen-bond donors (Lipinski definition) is 2. The SMILES string of the molecule is NNC(Cc1ccccc1Cl)c1cc2c(s1)CCC2. The lowest BCUT2D eigenvalue weighted by Crippen LogP contribution is -2.29. The summed E-state index contributed by atoms with van der Waals surface area (Å²) in [4.78, 5) is 2.86. The molecule has 2 aromatic rings. The first-order chi connectivity index (χ1) is 9.28. The molecule has 0 spiro atoms. The minimum absolute atomic E-state index is 0.149. The molecule has 0 fully saturated rings. The van der Waals surface area contributed by atoms with Crippen molar-refractivity contribution >= 4 is 22.9 Å². The quantitative estimate of drug-likeness (QED) is 0.667. The first kappa shape index (κ1) is 13.1. The molecule has 1 aliphatic rings. The molecule has 1 aliphatic carbocycles. The molecule has 3 rings (SSSR count). The molecule has 1 unspecified atom stereocenters. The van der Waals surface area contributed by atoms with Crippen molar-refractivity contribution in [2.45, 2.75) is 31.7 Å². The van der Waals surface area contributed by atoms with Crippen LogP contribution in [0.5, 0.6) is 0 Å². The monoisotopic (exact) mass is 292 g/mol. The zero-order valence-corrected chi connectivity index (χ0v) is 12.2. The number of fused-ring (bicyclic) bond motifs is 1. The number of aryl methyl sites for hydroxylation is 2. The number of rotatable bonds is 4. The van der Waals surface area contributed by atoms with Crippen molar-refractivity contribution in [2.75, 3.05) is 0 Å². The van der Waals surface area contributed by atoms with Crippen LogP contribution < -0.4 is 11.3 Å². The van der Waals surface area contributed by atoms with E-state index < -0.39 is 0 Å². The van der Waals surface area contributed by atoms with Crippen molar-refractivity contribution in [3.05, 3.63) is 56.2 Å². The van der Waals surface area contributed by atoms with Gasteiger partial charge in [0.25, 0.3) is 0 Å². The lowest BCUT2D eigenvalue weighted by molar-refractivity contribution is 0.560. The summed E-state index contributed by atoms with van der Waals surface area (Å²) in [6.45, 7) is 0. The number of hydrogen-bond acceptors (Lipinski definition) is 3. The fraction of sp³-hybridized carbons (Fsp3) is 0.333. The van der Waals surface area contributed by atoms with Crippen LogP contribution in [0.1, 0.15) is 33.3 Å². The van der Waals surface area contributed by atoms with Gasteiger partial charge in [0, 0.05) is 14.8 Å². The number of nitrogens with one attached hydrogen (secondary N) is 1. The highest BCUT2D eigenvalue weighted by atomic mass is 35.5. The van der Waals surface area contributed by atoms with Crippen molar-refractivity contribution in [1.29, 1.82) is 0 Å². The molecule has 2 nitrogen and oxygen atoms in total. The van der Waals surface area contributed by atoms with Gasteiger partial charge in [0.15, 0.2) is 0 Å². The third-order valence-corrected chi connectivity index (χ3v) is 5.41. The molecular formula is C15H17ClN2S. The summed E-state index contributed by atoms with van der Waals surface area (Å²) in [6, 6.07) is 10.4. The number of hydrazine groups is 1. The summed E-state index contributed by atoms with van der Waals surface area (Å²) in [7, 11) is 0. The molecule has 0 amide bonds. The second kappa shape index (κ2) is 5.63. The van der Waals surface area contributed by atoms with Gasteiger partial charge < -0.3 is 0 Å².